The zero-order chi connectivity index (χ0) is 21.2. The van der Waals surface area contributed by atoms with Crippen LogP contribution in [0.25, 0.3) is 0 Å². The number of ether oxygens (including phenoxy) is 1. The Morgan fingerprint density at radius 1 is 1.41 bits per heavy atom. The molecule has 8 nitrogen and oxygen atoms in total. The van der Waals surface area contributed by atoms with Gasteiger partial charge in [0, 0.05) is 31.8 Å². The summed E-state index contributed by atoms with van der Waals surface area (Å²) in [5.74, 6) is -0.0786. The molecule has 10 heteroatoms. The Labute approximate surface area is 171 Å². The van der Waals surface area contributed by atoms with Crippen molar-refractivity contribution in [2.24, 2.45) is 5.92 Å². The molecule has 2 rings (SSSR count). The maximum Gasteiger partial charge on any atom is 0.318 e. The molecule has 0 spiro atoms. The molecule has 29 heavy (non-hydrogen) atoms. The number of halogens is 1. The minimum atomic E-state index is -1.39. The SMILES string of the molecule is CCNP(OCC1CC(C)C(N(C)/C=C\C(=O)NC=O)O1)Oc1ccc(F)cc1. The Morgan fingerprint density at radius 3 is 2.79 bits per heavy atom. The minimum absolute atomic E-state index is 0.130. The monoisotopic (exact) mass is 427 g/mol. The second-order valence-corrected chi connectivity index (χ2v) is 7.85. The summed E-state index contributed by atoms with van der Waals surface area (Å²) >= 11 is 0. The highest BCUT2D eigenvalue weighted by Crippen LogP contribution is 2.37. The lowest BCUT2D eigenvalue weighted by Gasteiger charge is -2.26. The van der Waals surface area contributed by atoms with Crippen LogP contribution in [0.1, 0.15) is 20.3 Å². The number of rotatable bonds is 11. The molecule has 1 fully saturated rings. The Balaban J connectivity index is 1.85. The van der Waals surface area contributed by atoms with Gasteiger partial charge in [-0.2, -0.15) is 0 Å². The summed E-state index contributed by atoms with van der Waals surface area (Å²) in [6, 6.07) is 5.77. The van der Waals surface area contributed by atoms with Crippen LogP contribution in [0.15, 0.2) is 36.5 Å². The molecule has 1 aromatic rings. The predicted octanol–water partition coefficient (Wildman–Crippen LogP) is 2.53. The number of nitrogens with zero attached hydrogens (tertiary/aromatic N) is 1. The largest absolute Gasteiger partial charge is 0.436 e. The number of hydrogen-bond acceptors (Lipinski definition) is 7. The fourth-order valence-corrected chi connectivity index (χ4v) is 3.96. The number of hydrogen-bond donors (Lipinski definition) is 2. The Kier molecular flexibility index (Phi) is 9.47. The van der Waals surface area contributed by atoms with Crippen molar-refractivity contribution in [2.75, 3.05) is 20.2 Å². The third-order valence-electron chi connectivity index (χ3n) is 4.18. The van der Waals surface area contributed by atoms with E-state index in [2.05, 4.69) is 12.0 Å². The number of amides is 2. The zero-order valence-electron chi connectivity index (χ0n) is 16.7. The van der Waals surface area contributed by atoms with Crippen LogP contribution in [0.3, 0.4) is 0 Å². The number of nitrogens with one attached hydrogen (secondary N) is 2. The van der Waals surface area contributed by atoms with E-state index in [0.717, 1.165) is 6.42 Å². The highest BCUT2D eigenvalue weighted by Gasteiger charge is 2.34. The van der Waals surface area contributed by atoms with Crippen LogP contribution in [-0.4, -0.2) is 49.7 Å². The Morgan fingerprint density at radius 2 is 2.14 bits per heavy atom. The molecular weight excluding hydrogens is 400 g/mol. The first kappa shape index (κ1) is 23.2. The molecule has 0 bridgehead atoms. The molecule has 1 aliphatic rings. The average molecular weight is 427 g/mol. The van der Waals surface area contributed by atoms with Gasteiger partial charge in [0.25, 0.3) is 5.91 Å². The third-order valence-corrected chi connectivity index (χ3v) is 5.52. The van der Waals surface area contributed by atoms with Crippen LogP contribution in [0.2, 0.25) is 0 Å². The molecule has 0 aliphatic carbocycles. The molecule has 1 saturated heterocycles. The van der Waals surface area contributed by atoms with Crippen molar-refractivity contribution in [3.63, 3.8) is 0 Å². The highest BCUT2D eigenvalue weighted by atomic mass is 31.2. The molecule has 1 aromatic carbocycles. The average Bonchev–Trinajstić information content (AvgIpc) is 3.07. The van der Waals surface area contributed by atoms with E-state index >= 15 is 0 Å². The van der Waals surface area contributed by atoms with Crippen LogP contribution in [-0.2, 0) is 18.8 Å². The van der Waals surface area contributed by atoms with Gasteiger partial charge in [-0.1, -0.05) is 13.8 Å². The van der Waals surface area contributed by atoms with Crippen LogP contribution in [0, 0.1) is 11.7 Å². The van der Waals surface area contributed by atoms with Crippen molar-refractivity contribution < 1.29 is 27.8 Å². The van der Waals surface area contributed by atoms with Gasteiger partial charge in [-0.25, -0.2) is 9.48 Å². The van der Waals surface area contributed by atoms with Crippen LogP contribution in [0.4, 0.5) is 4.39 Å². The number of imide groups is 1. The van der Waals surface area contributed by atoms with Crippen LogP contribution < -0.4 is 14.9 Å². The predicted molar refractivity (Wildman–Crippen MR) is 107 cm³/mol. The van der Waals surface area contributed by atoms with E-state index in [0.29, 0.717) is 25.3 Å². The van der Waals surface area contributed by atoms with Crippen LogP contribution in [0.5, 0.6) is 5.75 Å². The standard InChI is InChI=1S/C19H27FN3O5P/c1-4-22-29(28-16-7-5-15(20)6-8-16)26-12-17-11-14(2)19(27-17)23(3)10-9-18(25)21-13-24/h5-10,13-14,17,19,22H,4,11-12H2,1-3H3,(H,21,24,25)/b10-9-. The van der Waals surface area contributed by atoms with Gasteiger partial charge in [0.05, 0.1) is 12.7 Å². The van der Waals surface area contributed by atoms with Gasteiger partial charge in [-0.15, -0.1) is 0 Å². The lowest BCUT2D eigenvalue weighted by Crippen LogP contribution is -2.32. The maximum absolute atomic E-state index is 13.0. The van der Waals surface area contributed by atoms with E-state index in [1.165, 1.54) is 18.2 Å². The van der Waals surface area contributed by atoms with Gasteiger partial charge in [0.1, 0.15) is 17.8 Å². The molecule has 0 saturated carbocycles. The lowest BCUT2D eigenvalue weighted by atomic mass is 10.1. The van der Waals surface area contributed by atoms with Crippen molar-refractivity contribution in [1.82, 2.24) is 15.3 Å². The van der Waals surface area contributed by atoms with Crippen molar-refractivity contribution in [3.05, 3.63) is 42.4 Å². The summed E-state index contributed by atoms with van der Waals surface area (Å²) in [7, 11) is 0.411. The van der Waals surface area contributed by atoms with E-state index in [4.69, 9.17) is 13.8 Å². The molecule has 0 aromatic heterocycles. The topological polar surface area (TPSA) is 89.1 Å². The van der Waals surface area contributed by atoms with Gasteiger partial charge in [0.2, 0.25) is 6.41 Å². The summed E-state index contributed by atoms with van der Waals surface area (Å²) < 4.78 is 30.7. The fourth-order valence-electron chi connectivity index (χ4n) is 2.87. The second kappa shape index (κ2) is 11.8. The molecule has 2 N–H and O–H groups in total. The Bertz CT molecular complexity index is 691. The fraction of sp³-hybridized carbons (Fsp3) is 0.474. The van der Waals surface area contributed by atoms with E-state index in [1.807, 2.05) is 12.2 Å². The molecule has 4 atom stereocenters. The quantitative estimate of drug-likeness (QED) is 0.319. The first-order valence-electron chi connectivity index (χ1n) is 9.32. The Hall–Kier alpha value is -2.06. The minimum Gasteiger partial charge on any atom is -0.436 e. The van der Waals surface area contributed by atoms with E-state index in [-0.39, 0.29) is 24.1 Å². The summed E-state index contributed by atoms with van der Waals surface area (Å²) in [5, 5.41) is 5.18. The summed E-state index contributed by atoms with van der Waals surface area (Å²) in [6.45, 7) is 5.00. The molecule has 160 valence electrons. The molecule has 0 radical (unpaired) electrons. The van der Waals surface area contributed by atoms with E-state index in [9.17, 15) is 14.0 Å². The molecule has 1 aliphatic heterocycles. The highest BCUT2D eigenvalue weighted by molar-refractivity contribution is 7.45. The van der Waals surface area contributed by atoms with Crippen molar-refractivity contribution >= 4 is 20.8 Å². The second-order valence-electron chi connectivity index (χ2n) is 6.58. The summed E-state index contributed by atoms with van der Waals surface area (Å²) in [6.07, 6.45) is 3.63. The number of carbonyl (C=O) groups is 2. The van der Waals surface area contributed by atoms with Crippen molar-refractivity contribution in [3.8, 4) is 5.75 Å². The summed E-state index contributed by atoms with van der Waals surface area (Å²) in [4.78, 5) is 23.4. The lowest BCUT2D eigenvalue weighted by molar-refractivity contribution is -0.121. The van der Waals surface area contributed by atoms with Gasteiger partial charge in [-0.05, 0) is 30.7 Å². The van der Waals surface area contributed by atoms with Gasteiger partial charge in [-0.3, -0.25) is 14.9 Å². The van der Waals surface area contributed by atoms with Crippen LogP contribution >= 0.6 is 8.53 Å². The van der Waals surface area contributed by atoms with Gasteiger partial charge in [0.15, 0.2) is 0 Å². The first-order chi connectivity index (χ1) is 13.9. The summed E-state index contributed by atoms with van der Waals surface area (Å²) in [5.41, 5.74) is 0. The van der Waals surface area contributed by atoms with Gasteiger partial charge >= 0.3 is 8.53 Å². The van der Waals surface area contributed by atoms with E-state index in [1.54, 1.807) is 30.3 Å². The smallest absolute Gasteiger partial charge is 0.318 e. The zero-order valence-corrected chi connectivity index (χ0v) is 17.6. The molecule has 1 heterocycles. The molecular formula is C19H27FN3O5P. The third kappa shape index (κ3) is 7.70. The normalized spacial score (nSPS) is 22.4. The van der Waals surface area contributed by atoms with Crippen molar-refractivity contribution in [1.29, 1.82) is 0 Å². The first-order valence-corrected chi connectivity index (χ1v) is 10.5. The van der Waals surface area contributed by atoms with E-state index < -0.39 is 14.4 Å². The van der Waals surface area contributed by atoms with Gasteiger partial charge < -0.3 is 18.7 Å². The molecule has 4 unspecified atom stereocenters. The number of carbonyl (C=O) groups excluding carboxylic acids is 2. The van der Waals surface area contributed by atoms with Crippen molar-refractivity contribution in [2.45, 2.75) is 32.6 Å². The molecule has 2 amide bonds. The number of benzene rings is 1. The maximum atomic E-state index is 13.0.